The number of guanidine groups is 1. The van der Waals surface area contributed by atoms with Crippen LogP contribution in [0.15, 0.2) is 29.4 Å². The molecule has 0 spiro atoms. The van der Waals surface area contributed by atoms with Crippen LogP contribution in [0, 0.1) is 11.8 Å². The highest BCUT2D eigenvalue weighted by Gasteiger charge is 2.23. The van der Waals surface area contributed by atoms with Gasteiger partial charge in [0, 0.05) is 52.0 Å². The largest absolute Gasteiger partial charge is 0.356 e. The number of pyridine rings is 1. The van der Waals surface area contributed by atoms with Gasteiger partial charge in [-0.2, -0.15) is 0 Å². The molecule has 1 aromatic heterocycles. The molecule has 2 N–H and O–H groups in total. The molecule has 6 nitrogen and oxygen atoms in total. The number of hydrogen-bond donors (Lipinski definition) is 2. The van der Waals surface area contributed by atoms with Crippen LogP contribution in [0.4, 0.5) is 5.82 Å². The molecule has 0 saturated carbocycles. The lowest BCUT2D eigenvalue weighted by Crippen LogP contribution is -2.50. The van der Waals surface area contributed by atoms with E-state index in [2.05, 4.69) is 56.4 Å². The first-order chi connectivity index (χ1) is 13.6. The fourth-order valence-corrected chi connectivity index (χ4v) is 4.42. The second-order valence-corrected chi connectivity index (χ2v) is 8.71. The minimum absolute atomic E-state index is 0.481. The Labute approximate surface area is 170 Å². The van der Waals surface area contributed by atoms with Gasteiger partial charge < -0.3 is 20.4 Å². The number of rotatable bonds is 6. The first-order valence-corrected chi connectivity index (χ1v) is 11.0. The second-order valence-electron chi connectivity index (χ2n) is 8.71. The first kappa shape index (κ1) is 20.9. The molecule has 1 unspecified atom stereocenters. The predicted molar refractivity (Wildman–Crippen MR) is 118 cm³/mol. The van der Waals surface area contributed by atoms with E-state index in [4.69, 9.17) is 0 Å². The van der Waals surface area contributed by atoms with Crippen LogP contribution < -0.4 is 15.5 Å². The molecule has 1 aromatic rings. The zero-order valence-corrected chi connectivity index (χ0v) is 17.9. The molecule has 2 fully saturated rings. The zero-order valence-electron chi connectivity index (χ0n) is 17.9. The van der Waals surface area contributed by atoms with Crippen molar-refractivity contribution in [2.45, 2.75) is 45.6 Å². The molecule has 0 amide bonds. The highest BCUT2D eigenvalue weighted by atomic mass is 15.2. The molecule has 2 aliphatic heterocycles. The minimum Gasteiger partial charge on any atom is -0.356 e. The summed E-state index contributed by atoms with van der Waals surface area (Å²) in [6, 6.07) is 6.62. The SMILES string of the molecule is CN=C(NCC1CCCN(CC(C)C)C1)NC1CCN(c2ccccn2)CC1. The van der Waals surface area contributed by atoms with Gasteiger partial charge in [0.15, 0.2) is 5.96 Å². The zero-order chi connectivity index (χ0) is 19.8. The molecule has 0 bridgehead atoms. The molecule has 28 heavy (non-hydrogen) atoms. The van der Waals surface area contributed by atoms with E-state index in [-0.39, 0.29) is 0 Å². The summed E-state index contributed by atoms with van der Waals surface area (Å²) in [4.78, 5) is 13.9. The number of aliphatic imine (C=N–C) groups is 1. The van der Waals surface area contributed by atoms with Crippen LogP contribution in [-0.4, -0.2) is 68.2 Å². The average molecular weight is 387 g/mol. The van der Waals surface area contributed by atoms with Crippen LogP contribution in [-0.2, 0) is 0 Å². The van der Waals surface area contributed by atoms with Gasteiger partial charge >= 0.3 is 0 Å². The van der Waals surface area contributed by atoms with Crippen molar-refractivity contribution in [2.24, 2.45) is 16.8 Å². The lowest BCUT2D eigenvalue weighted by atomic mass is 9.97. The Hall–Kier alpha value is -1.82. The Morgan fingerprint density at radius 1 is 1.21 bits per heavy atom. The maximum atomic E-state index is 4.48. The molecule has 3 heterocycles. The summed E-state index contributed by atoms with van der Waals surface area (Å²) in [5.41, 5.74) is 0. The molecule has 3 rings (SSSR count). The monoisotopic (exact) mass is 386 g/mol. The third-order valence-electron chi connectivity index (χ3n) is 5.82. The van der Waals surface area contributed by atoms with Crippen LogP contribution in [0.3, 0.4) is 0 Å². The van der Waals surface area contributed by atoms with Gasteiger partial charge in [0.1, 0.15) is 5.82 Å². The summed E-state index contributed by atoms with van der Waals surface area (Å²) < 4.78 is 0. The second kappa shape index (κ2) is 10.6. The van der Waals surface area contributed by atoms with Gasteiger partial charge in [-0.15, -0.1) is 0 Å². The van der Waals surface area contributed by atoms with Crippen molar-refractivity contribution in [3.63, 3.8) is 0 Å². The van der Waals surface area contributed by atoms with Crippen molar-refractivity contribution in [2.75, 3.05) is 51.2 Å². The minimum atomic E-state index is 0.481. The summed E-state index contributed by atoms with van der Waals surface area (Å²) in [5.74, 6) is 3.51. The molecule has 6 heteroatoms. The lowest BCUT2D eigenvalue weighted by molar-refractivity contribution is 0.159. The number of nitrogens with one attached hydrogen (secondary N) is 2. The van der Waals surface area contributed by atoms with Crippen molar-refractivity contribution >= 4 is 11.8 Å². The third-order valence-corrected chi connectivity index (χ3v) is 5.82. The van der Waals surface area contributed by atoms with Gasteiger partial charge in [-0.25, -0.2) is 4.98 Å². The van der Waals surface area contributed by atoms with Crippen LogP contribution in [0.1, 0.15) is 39.5 Å². The maximum absolute atomic E-state index is 4.48. The van der Waals surface area contributed by atoms with E-state index in [1.54, 1.807) is 0 Å². The number of anilines is 1. The number of piperidine rings is 2. The molecule has 0 radical (unpaired) electrons. The van der Waals surface area contributed by atoms with Crippen LogP contribution >= 0.6 is 0 Å². The summed E-state index contributed by atoms with van der Waals surface area (Å²) in [6.07, 6.45) is 6.74. The number of aromatic nitrogens is 1. The van der Waals surface area contributed by atoms with E-state index in [0.29, 0.717) is 6.04 Å². The fraction of sp³-hybridized carbons (Fsp3) is 0.727. The van der Waals surface area contributed by atoms with Crippen molar-refractivity contribution in [3.8, 4) is 0 Å². The molecule has 156 valence electrons. The van der Waals surface area contributed by atoms with Gasteiger partial charge in [0.25, 0.3) is 0 Å². The summed E-state index contributed by atoms with van der Waals surface area (Å²) in [7, 11) is 1.88. The van der Waals surface area contributed by atoms with Crippen LogP contribution in [0.5, 0.6) is 0 Å². The molecular weight excluding hydrogens is 348 g/mol. The van der Waals surface area contributed by atoms with Crippen LogP contribution in [0.25, 0.3) is 0 Å². The average Bonchev–Trinajstić information content (AvgIpc) is 2.72. The molecule has 0 aliphatic carbocycles. The van der Waals surface area contributed by atoms with E-state index >= 15 is 0 Å². The summed E-state index contributed by atoms with van der Waals surface area (Å²) in [6.45, 7) is 11.4. The molecule has 1 atom stereocenters. The Bertz CT molecular complexity index is 594. The van der Waals surface area contributed by atoms with Crippen molar-refractivity contribution in [1.29, 1.82) is 0 Å². The van der Waals surface area contributed by atoms with E-state index in [9.17, 15) is 0 Å². The van der Waals surface area contributed by atoms with Crippen LogP contribution in [0.2, 0.25) is 0 Å². The Balaban J connectivity index is 1.39. The lowest BCUT2D eigenvalue weighted by Gasteiger charge is -2.35. The van der Waals surface area contributed by atoms with E-state index in [1.165, 1.54) is 32.5 Å². The standard InChI is InChI=1S/C22H38N6/c1-18(2)16-27-12-6-7-19(17-27)15-25-22(23-3)26-20-9-13-28(14-10-20)21-8-4-5-11-24-21/h4-5,8,11,18-20H,6-7,9-10,12-17H2,1-3H3,(H2,23,25,26). The molecular formula is C22H38N6. The fourth-order valence-electron chi connectivity index (χ4n) is 4.42. The number of likely N-dealkylation sites (tertiary alicyclic amines) is 1. The van der Waals surface area contributed by atoms with Gasteiger partial charge in [-0.1, -0.05) is 19.9 Å². The van der Waals surface area contributed by atoms with Crippen molar-refractivity contribution in [1.82, 2.24) is 20.5 Å². The predicted octanol–water partition coefficient (Wildman–Crippen LogP) is 2.58. The first-order valence-electron chi connectivity index (χ1n) is 11.0. The van der Waals surface area contributed by atoms with Gasteiger partial charge in [0.05, 0.1) is 0 Å². The Morgan fingerprint density at radius 3 is 2.71 bits per heavy atom. The summed E-state index contributed by atoms with van der Waals surface area (Å²) in [5, 5.41) is 7.23. The van der Waals surface area contributed by atoms with Gasteiger partial charge in [-0.3, -0.25) is 4.99 Å². The smallest absolute Gasteiger partial charge is 0.191 e. The third kappa shape index (κ3) is 6.36. The van der Waals surface area contributed by atoms with E-state index in [0.717, 1.165) is 56.1 Å². The van der Waals surface area contributed by atoms with E-state index in [1.807, 2.05) is 19.3 Å². The normalized spacial score (nSPS) is 22.5. The van der Waals surface area contributed by atoms with Gasteiger partial charge in [0.2, 0.25) is 0 Å². The van der Waals surface area contributed by atoms with Crippen molar-refractivity contribution < 1.29 is 0 Å². The van der Waals surface area contributed by atoms with Crippen molar-refractivity contribution in [3.05, 3.63) is 24.4 Å². The number of nitrogens with zero attached hydrogens (tertiary/aromatic N) is 4. The Kier molecular flexibility index (Phi) is 7.95. The van der Waals surface area contributed by atoms with Gasteiger partial charge in [-0.05, 0) is 56.2 Å². The van der Waals surface area contributed by atoms with E-state index < -0.39 is 0 Å². The molecule has 2 saturated heterocycles. The summed E-state index contributed by atoms with van der Waals surface area (Å²) >= 11 is 0. The topological polar surface area (TPSA) is 55.8 Å². The highest BCUT2D eigenvalue weighted by molar-refractivity contribution is 5.80. The molecule has 0 aromatic carbocycles. The highest BCUT2D eigenvalue weighted by Crippen LogP contribution is 2.18. The number of hydrogen-bond acceptors (Lipinski definition) is 4. The maximum Gasteiger partial charge on any atom is 0.191 e. The Morgan fingerprint density at radius 2 is 2.04 bits per heavy atom. The molecule has 2 aliphatic rings. The quantitative estimate of drug-likeness (QED) is 0.581.